The van der Waals surface area contributed by atoms with Gasteiger partial charge in [0.15, 0.2) is 17.3 Å². The lowest BCUT2D eigenvalue weighted by molar-refractivity contribution is 0.354. The predicted octanol–water partition coefficient (Wildman–Crippen LogP) is 4.16. The molecule has 0 amide bonds. The summed E-state index contributed by atoms with van der Waals surface area (Å²) in [7, 11) is 3.16. The average molecular weight is 375 g/mol. The molecule has 1 aromatic heterocycles. The monoisotopic (exact) mass is 374 g/mol. The van der Waals surface area contributed by atoms with Crippen LogP contribution in [0.3, 0.4) is 0 Å². The summed E-state index contributed by atoms with van der Waals surface area (Å²) >= 11 is 11.3. The molecule has 1 N–H and O–H groups in total. The van der Waals surface area contributed by atoms with Crippen LogP contribution in [0.5, 0.6) is 11.5 Å². The Balaban J connectivity index is 2.04. The Labute approximate surface area is 154 Å². The Hall–Kier alpha value is -2.64. The minimum absolute atomic E-state index is 0.369. The van der Waals surface area contributed by atoms with Crippen LogP contribution < -0.4 is 9.47 Å². The number of aromatic nitrogens is 3. The van der Waals surface area contributed by atoms with E-state index < -0.39 is 0 Å². The van der Waals surface area contributed by atoms with Crippen LogP contribution in [0.2, 0.25) is 5.02 Å². The largest absolute Gasteiger partial charge is 0.493 e. The number of hydrogen-bond acceptors (Lipinski definition) is 5. The molecular weight excluding hydrogens is 360 g/mol. The van der Waals surface area contributed by atoms with Crippen molar-refractivity contribution in [3.63, 3.8) is 0 Å². The number of hydrogen-bond donors (Lipinski definition) is 1. The number of benzene rings is 2. The molecule has 0 saturated carbocycles. The Morgan fingerprint density at radius 3 is 2.72 bits per heavy atom. The molecule has 1 heterocycles. The number of methoxy groups -OCH3 is 2. The summed E-state index contributed by atoms with van der Waals surface area (Å²) in [6.07, 6.45) is 1.64. The summed E-state index contributed by atoms with van der Waals surface area (Å²) in [6, 6.07) is 12.9. The fraction of sp³-hybridized carbons (Fsp3) is 0.118. The van der Waals surface area contributed by atoms with Crippen molar-refractivity contribution >= 4 is 30.0 Å². The number of rotatable bonds is 5. The van der Waals surface area contributed by atoms with Crippen LogP contribution in [0.25, 0.3) is 11.4 Å². The van der Waals surface area contributed by atoms with E-state index >= 15 is 0 Å². The van der Waals surface area contributed by atoms with E-state index in [1.54, 1.807) is 32.6 Å². The van der Waals surface area contributed by atoms with Gasteiger partial charge in [0.1, 0.15) is 0 Å². The first-order chi connectivity index (χ1) is 12.1. The van der Waals surface area contributed by atoms with Gasteiger partial charge in [-0.25, -0.2) is 5.10 Å². The number of nitrogens with one attached hydrogen (secondary N) is 1. The molecule has 0 aliphatic heterocycles. The molecule has 128 valence electrons. The average Bonchev–Trinajstić information content (AvgIpc) is 3.00. The first-order valence-electron chi connectivity index (χ1n) is 7.32. The van der Waals surface area contributed by atoms with Crippen molar-refractivity contribution in [3.05, 3.63) is 57.8 Å². The second-order valence-corrected chi connectivity index (χ2v) is 5.82. The molecule has 0 fully saturated rings. The summed E-state index contributed by atoms with van der Waals surface area (Å²) < 4.78 is 12.6. The highest BCUT2D eigenvalue weighted by Crippen LogP contribution is 2.29. The van der Waals surface area contributed by atoms with Crippen LogP contribution >= 0.6 is 23.8 Å². The normalized spacial score (nSPS) is 11.0. The number of para-hydroxylation sites is 1. The van der Waals surface area contributed by atoms with Gasteiger partial charge in [-0.05, 0) is 36.5 Å². The van der Waals surface area contributed by atoms with Crippen LogP contribution in [0.15, 0.2) is 47.6 Å². The molecule has 0 aliphatic carbocycles. The minimum Gasteiger partial charge on any atom is -0.493 e. The highest BCUT2D eigenvalue weighted by Gasteiger charge is 2.10. The molecule has 0 aliphatic rings. The molecule has 25 heavy (non-hydrogen) atoms. The van der Waals surface area contributed by atoms with E-state index in [4.69, 9.17) is 33.3 Å². The summed E-state index contributed by atoms with van der Waals surface area (Å²) in [5.41, 5.74) is 1.55. The highest BCUT2D eigenvalue weighted by molar-refractivity contribution is 7.71. The Bertz CT molecular complexity index is 981. The predicted molar refractivity (Wildman–Crippen MR) is 100 cm³/mol. The van der Waals surface area contributed by atoms with Crippen molar-refractivity contribution in [3.8, 4) is 22.9 Å². The van der Waals surface area contributed by atoms with Crippen LogP contribution in [0.1, 0.15) is 5.56 Å². The molecule has 0 bridgehead atoms. The van der Waals surface area contributed by atoms with Crippen LogP contribution in [0.4, 0.5) is 0 Å². The lowest BCUT2D eigenvalue weighted by Crippen LogP contribution is -1.98. The van der Waals surface area contributed by atoms with Crippen molar-refractivity contribution in [1.29, 1.82) is 0 Å². The second-order valence-electron chi connectivity index (χ2n) is 5.00. The first kappa shape index (κ1) is 17.2. The van der Waals surface area contributed by atoms with Crippen LogP contribution in [0, 0.1) is 4.77 Å². The second kappa shape index (κ2) is 7.50. The number of aromatic amines is 1. The van der Waals surface area contributed by atoms with Crippen LogP contribution in [-0.2, 0) is 0 Å². The summed E-state index contributed by atoms with van der Waals surface area (Å²) in [5.74, 6) is 1.77. The number of halogens is 1. The van der Waals surface area contributed by atoms with Gasteiger partial charge in [0, 0.05) is 16.1 Å². The maximum Gasteiger partial charge on any atom is 0.216 e. The zero-order valence-corrected chi connectivity index (χ0v) is 15.1. The van der Waals surface area contributed by atoms with E-state index in [0.717, 1.165) is 11.1 Å². The van der Waals surface area contributed by atoms with Gasteiger partial charge in [-0.3, -0.25) is 0 Å². The lowest BCUT2D eigenvalue weighted by Gasteiger charge is -2.09. The maximum atomic E-state index is 6.06. The van der Waals surface area contributed by atoms with Crippen molar-refractivity contribution in [2.24, 2.45) is 5.10 Å². The van der Waals surface area contributed by atoms with Crippen molar-refractivity contribution in [2.75, 3.05) is 14.2 Å². The fourth-order valence-electron chi connectivity index (χ4n) is 2.35. The first-order valence-corrected chi connectivity index (χ1v) is 8.11. The van der Waals surface area contributed by atoms with E-state index in [1.807, 2.05) is 30.3 Å². The number of ether oxygens (including phenoxy) is 2. The maximum absolute atomic E-state index is 6.06. The third-order valence-corrected chi connectivity index (χ3v) is 3.98. The molecule has 3 rings (SSSR count). The molecule has 8 heteroatoms. The molecule has 0 saturated heterocycles. The molecule has 0 radical (unpaired) electrons. The molecule has 0 unspecified atom stereocenters. The van der Waals surface area contributed by atoms with Gasteiger partial charge >= 0.3 is 0 Å². The van der Waals surface area contributed by atoms with Gasteiger partial charge in [-0.1, -0.05) is 29.8 Å². The Morgan fingerprint density at radius 1 is 1.20 bits per heavy atom. The minimum atomic E-state index is 0.369. The van der Waals surface area contributed by atoms with E-state index in [0.29, 0.717) is 27.1 Å². The summed E-state index contributed by atoms with van der Waals surface area (Å²) in [5, 5.41) is 12.0. The Kier molecular flexibility index (Phi) is 5.16. The summed E-state index contributed by atoms with van der Waals surface area (Å²) in [6.45, 7) is 0. The highest BCUT2D eigenvalue weighted by atomic mass is 35.5. The quantitative estimate of drug-likeness (QED) is 0.538. The fourth-order valence-corrected chi connectivity index (χ4v) is 2.72. The molecular formula is C17H15ClN4O2S. The summed E-state index contributed by atoms with van der Waals surface area (Å²) in [4.78, 5) is 0. The van der Waals surface area contributed by atoms with E-state index in [2.05, 4.69) is 15.3 Å². The van der Waals surface area contributed by atoms with Gasteiger partial charge in [-0.2, -0.15) is 14.9 Å². The zero-order chi connectivity index (χ0) is 17.8. The van der Waals surface area contributed by atoms with Crippen molar-refractivity contribution < 1.29 is 9.47 Å². The lowest BCUT2D eigenvalue weighted by atomic mass is 10.2. The third kappa shape index (κ3) is 3.57. The van der Waals surface area contributed by atoms with E-state index in [9.17, 15) is 0 Å². The molecule has 2 aromatic carbocycles. The SMILES string of the molecule is COc1cccc(/C=N\n2c(-c3cccc(Cl)c3)n[nH]c2=S)c1OC. The van der Waals surface area contributed by atoms with E-state index in [-0.39, 0.29) is 0 Å². The zero-order valence-electron chi connectivity index (χ0n) is 13.6. The van der Waals surface area contributed by atoms with Crippen molar-refractivity contribution in [1.82, 2.24) is 14.9 Å². The number of nitrogens with zero attached hydrogens (tertiary/aromatic N) is 3. The molecule has 3 aromatic rings. The molecule has 0 atom stereocenters. The number of H-pyrrole nitrogens is 1. The van der Waals surface area contributed by atoms with Gasteiger partial charge in [0.2, 0.25) is 4.77 Å². The Morgan fingerprint density at radius 2 is 2.00 bits per heavy atom. The standard InChI is InChI=1S/C17H15ClN4O2S/c1-23-14-8-4-6-12(15(14)24-2)10-19-22-16(20-21-17(22)25)11-5-3-7-13(18)9-11/h3-10H,1-2H3,(H,21,25)/b19-10-. The molecule has 6 nitrogen and oxygen atoms in total. The van der Waals surface area contributed by atoms with Gasteiger partial charge < -0.3 is 9.47 Å². The van der Waals surface area contributed by atoms with E-state index in [1.165, 1.54) is 4.68 Å². The van der Waals surface area contributed by atoms with Gasteiger partial charge in [0.25, 0.3) is 0 Å². The van der Waals surface area contributed by atoms with Crippen molar-refractivity contribution in [2.45, 2.75) is 0 Å². The van der Waals surface area contributed by atoms with Crippen LogP contribution in [-0.4, -0.2) is 35.3 Å². The van der Waals surface area contributed by atoms with Gasteiger partial charge in [-0.15, -0.1) is 0 Å². The smallest absolute Gasteiger partial charge is 0.216 e. The van der Waals surface area contributed by atoms with Gasteiger partial charge in [0.05, 0.1) is 20.4 Å². The molecule has 0 spiro atoms. The topological polar surface area (TPSA) is 64.4 Å². The third-order valence-electron chi connectivity index (χ3n) is 3.48.